The summed E-state index contributed by atoms with van der Waals surface area (Å²) in [7, 11) is 0. The largest absolute Gasteiger partial charge is 0.337 e. The number of nitro groups is 1. The molecular formula is C21H23N3O2. The maximum absolute atomic E-state index is 11.2. The Hall–Kier alpha value is -2.66. The van der Waals surface area contributed by atoms with Crippen molar-refractivity contribution < 1.29 is 4.92 Å². The van der Waals surface area contributed by atoms with E-state index in [1.165, 1.54) is 19.3 Å². The lowest BCUT2D eigenvalue weighted by atomic mass is 9.94. The van der Waals surface area contributed by atoms with Gasteiger partial charge in [0.15, 0.2) is 0 Å². The van der Waals surface area contributed by atoms with Crippen LogP contribution < -0.4 is 5.73 Å². The Morgan fingerprint density at radius 3 is 2.42 bits per heavy atom. The fraction of sp³-hybridized carbons (Fsp3) is 0.333. The van der Waals surface area contributed by atoms with E-state index in [1.54, 1.807) is 12.1 Å². The van der Waals surface area contributed by atoms with Gasteiger partial charge in [-0.2, -0.15) is 0 Å². The zero-order valence-corrected chi connectivity index (χ0v) is 14.7. The van der Waals surface area contributed by atoms with E-state index in [9.17, 15) is 10.1 Å². The Balaban J connectivity index is 1.89. The van der Waals surface area contributed by atoms with Crippen LogP contribution in [0.3, 0.4) is 0 Å². The molecular weight excluding hydrogens is 326 g/mol. The third-order valence-corrected chi connectivity index (χ3v) is 5.46. The highest BCUT2D eigenvalue weighted by Gasteiger charge is 2.22. The molecule has 5 heteroatoms. The van der Waals surface area contributed by atoms with Gasteiger partial charge in [-0.05, 0) is 36.1 Å². The van der Waals surface area contributed by atoms with Gasteiger partial charge in [-0.25, -0.2) is 0 Å². The zero-order valence-electron chi connectivity index (χ0n) is 14.7. The van der Waals surface area contributed by atoms with Gasteiger partial charge in [-0.15, -0.1) is 0 Å². The van der Waals surface area contributed by atoms with Crippen molar-refractivity contribution >= 4 is 16.6 Å². The zero-order chi connectivity index (χ0) is 18.1. The van der Waals surface area contributed by atoms with Crippen molar-refractivity contribution in [3.05, 3.63) is 64.2 Å². The minimum atomic E-state index is -0.326. The van der Waals surface area contributed by atoms with Gasteiger partial charge in [-0.1, -0.05) is 43.5 Å². The molecule has 1 fully saturated rings. The third kappa shape index (κ3) is 2.99. The molecule has 0 aliphatic heterocycles. The number of fused-ring (bicyclic) bond motifs is 1. The van der Waals surface area contributed by atoms with Crippen molar-refractivity contribution in [1.29, 1.82) is 0 Å². The lowest BCUT2D eigenvalue weighted by molar-refractivity contribution is -0.384. The molecule has 26 heavy (non-hydrogen) atoms. The summed E-state index contributed by atoms with van der Waals surface area (Å²) < 4.78 is 2.40. The number of hydrogen-bond donors (Lipinski definition) is 1. The number of nitrogens with zero attached hydrogens (tertiary/aromatic N) is 2. The lowest BCUT2D eigenvalue weighted by Gasteiger charge is -2.26. The van der Waals surface area contributed by atoms with Gasteiger partial charge < -0.3 is 10.3 Å². The monoisotopic (exact) mass is 349 g/mol. The predicted octanol–water partition coefficient (Wildman–Crippen LogP) is 5.18. The quantitative estimate of drug-likeness (QED) is 0.521. The van der Waals surface area contributed by atoms with E-state index in [1.807, 2.05) is 6.07 Å². The molecule has 1 aromatic heterocycles. The highest BCUT2D eigenvalue weighted by atomic mass is 16.6. The predicted molar refractivity (Wildman–Crippen MR) is 104 cm³/mol. The molecule has 0 spiro atoms. The summed E-state index contributed by atoms with van der Waals surface area (Å²) in [6.45, 7) is 0.526. The minimum absolute atomic E-state index is 0.142. The molecule has 0 saturated heterocycles. The first kappa shape index (κ1) is 16.8. The summed E-state index contributed by atoms with van der Waals surface area (Å²) in [5.74, 6) is 0. The van der Waals surface area contributed by atoms with Gasteiger partial charge in [0.05, 0.1) is 4.92 Å². The molecule has 2 aromatic carbocycles. The van der Waals surface area contributed by atoms with Crippen LogP contribution >= 0.6 is 0 Å². The topological polar surface area (TPSA) is 74.1 Å². The Bertz CT molecular complexity index is 938. The maximum Gasteiger partial charge on any atom is 0.270 e. The number of benzene rings is 2. The summed E-state index contributed by atoms with van der Waals surface area (Å²) >= 11 is 0. The van der Waals surface area contributed by atoms with Gasteiger partial charge in [0, 0.05) is 41.3 Å². The second-order valence-corrected chi connectivity index (χ2v) is 7.09. The van der Waals surface area contributed by atoms with Crippen molar-refractivity contribution in [2.75, 3.05) is 0 Å². The SMILES string of the molecule is NCc1ccc(-c2cc3cc([N+](=O)[O-])ccc3n2C2CCCCC2)cc1. The fourth-order valence-corrected chi connectivity index (χ4v) is 4.10. The van der Waals surface area contributed by atoms with Crippen molar-refractivity contribution in [2.45, 2.75) is 44.7 Å². The lowest BCUT2D eigenvalue weighted by Crippen LogP contribution is -2.13. The van der Waals surface area contributed by atoms with Crippen molar-refractivity contribution in [3.63, 3.8) is 0 Å². The highest BCUT2D eigenvalue weighted by Crippen LogP contribution is 2.38. The summed E-state index contributed by atoms with van der Waals surface area (Å²) in [6.07, 6.45) is 6.09. The smallest absolute Gasteiger partial charge is 0.270 e. The van der Waals surface area contributed by atoms with Gasteiger partial charge in [0.2, 0.25) is 0 Å². The van der Waals surface area contributed by atoms with Gasteiger partial charge in [-0.3, -0.25) is 10.1 Å². The maximum atomic E-state index is 11.2. The van der Waals surface area contributed by atoms with Crippen LogP contribution in [0, 0.1) is 10.1 Å². The first-order chi connectivity index (χ1) is 12.7. The first-order valence-electron chi connectivity index (χ1n) is 9.26. The molecule has 0 atom stereocenters. The Morgan fingerprint density at radius 1 is 1.04 bits per heavy atom. The van der Waals surface area contributed by atoms with Crippen LogP contribution in [-0.2, 0) is 6.54 Å². The second-order valence-electron chi connectivity index (χ2n) is 7.09. The van der Waals surface area contributed by atoms with E-state index in [0.717, 1.165) is 40.6 Å². The van der Waals surface area contributed by atoms with Crippen LogP contribution in [0.4, 0.5) is 5.69 Å². The Morgan fingerprint density at radius 2 is 1.77 bits per heavy atom. The molecule has 0 radical (unpaired) electrons. The van der Waals surface area contributed by atoms with Crippen LogP contribution in [0.5, 0.6) is 0 Å². The van der Waals surface area contributed by atoms with Gasteiger partial charge in [0.25, 0.3) is 5.69 Å². The summed E-state index contributed by atoms with van der Waals surface area (Å²) in [6, 6.07) is 16.1. The van der Waals surface area contributed by atoms with Gasteiger partial charge >= 0.3 is 0 Å². The second kappa shape index (κ2) is 6.92. The van der Waals surface area contributed by atoms with E-state index in [-0.39, 0.29) is 10.6 Å². The Kier molecular flexibility index (Phi) is 4.47. The average Bonchev–Trinajstić information content (AvgIpc) is 3.07. The molecule has 0 amide bonds. The highest BCUT2D eigenvalue weighted by molar-refractivity contribution is 5.89. The van der Waals surface area contributed by atoms with Crippen LogP contribution in [0.15, 0.2) is 48.5 Å². The molecule has 1 aliphatic carbocycles. The number of nitrogens with two attached hydrogens (primary N) is 1. The third-order valence-electron chi connectivity index (χ3n) is 5.46. The minimum Gasteiger partial charge on any atom is -0.337 e. The van der Waals surface area contributed by atoms with Crippen molar-refractivity contribution in [1.82, 2.24) is 4.57 Å². The van der Waals surface area contributed by atoms with E-state index in [4.69, 9.17) is 5.73 Å². The summed E-state index contributed by atoms with van der Waals surface area (Å²) in [5, 5.41) is 12.1. The Labute approximate surface area is 152 Å². The number of aromatic nitrogens is 1. The molecule has 3 aromatic rings. The van der Waals surface area contributed by atoms with E-state index in [0.29, 0.717) is 12.6 Å². The summed E-state index contributed by atoms with van der Waals surface area (Å²) in [4.78, 5) is 10.8. The first-order valence-corrected chi connectivity index (χ1v) is 9.26. The fourth-order valence-electron chi connectivity index (χ4n) is 4.10. The number of nitro benzene ring substituents is 1. The molecule has 1 aliphatic rings. The average molecular weight is 349 g/mol. The van der Waals surface area contributed by atoms with Gasteiger partial charge in [0.1, 0.15) is 0 Å². The van der Waals surface area contributed by atoms with Crippen LogP contribution in [-0.4, -0.2) is 9.49 Å². The molecule has 1 saturated carbocycles. The molecule has 1 heterocycles. The molecule has 5 nitrogen and oxygen atoms in total. The van der Waals surface area contributed by atoms with Crippen molar-refractivity contribution in [3.8, 4) is 11.3 Å². The number of non-ortho nitro benzene ring substituents is 1. The molecule has 0 bridgehead atoms. The van der Waals surface area contributed by atoms with Crippen LogP contribution in [0.2, 0.25) is 0 Å². The summed E-state index contributed by atoms with van der Waals surface area (Å²) in [5.41, 5.74) is 10.3. The van der Waals surface area contributed by atoms with Crippen LogP contribution in [0.25, 0.3) is 22.2 Å². The van der Waals surface area contributed by atoms with E-state index >= 15 is 0 Å². The van der Waals surface area contributed by atoms with E-state index < -0.39 is 0 Å². The number of rotatable bonds is 4. The molecule has 4 rings (SSSR count). The molecule has 134 valence electrons. The van der Waals surface area contributed by atoms with Crippen molar-refractivity contribution in [2.24, 2.45) is 5.73 Å². The molecule has 2 N–H and O–H groups in total. The molecule has 0 unspecified atom stereocenters. The standard InChI is InChI=1S/C21H23N3O2/c22-14-15-6-8-16(9-7-15)21-13-17-12-19(24(25)26)10-11-20(17)23(21)18-4-2-1-3-5-18/h6-13,18H,1-5,14,22H2. The van der Waals surface area contributed by atoms with E-state index in [2.05, 4.69) is 34.9 Å². The normalized spacial score (nSPS) is 15.4. The van der Waals surface area contributed by atoms with Crippen LogP contribution in [0.1, 0.15) is 43.7 Å². The number of hydrogen-bond acceptors (Lipinski definition) is 3.